The van der Waals surface area contributed by atoms with Crippen LogP contribution < -0.4 is 15.8 Å². The molecule has 184 valence electrons. The standard InChI is InChI=1S/C27H34N6OS/c1-5-31-12-14-32(15-13-31)21-10-8-20(9-11-21)29-27-28-19(4)22-17-23(24-7-6-16-35-24)26(34)33(18(2)3)25(22)30-27/h6,8-11,16-18,24H,5,7,12-15H2,1-4H3,(H,28,29,30). The third kappa shape index (κ3) is 4.82. The zero-order valence-corrected chi connectivity index (χ0v) is 21.8. The van der Waals surface area contributed by atoms with Gasteiger partial charge in [-0.1, -0.05) is 13.0 Å². The number of allylic oxidation sites excluding steroid dienone is 1. The third-order valence-corrected chi connectivity index (χ3v) is 8.09. The summed E-state index contributed by atoms with van der Waals surface area (Å²) in [6.45, 7) is 13.7. The molecule has 0 saturated carbocycles. The summed E-state index contributed by atoms with van der Waals surface area (Å²) in [6, 6.07) is 10.5. The number of hydrogen-bond acceptors (Lipinski definition) is 7. The van der Waals surface area contributed by atoms with Gasteiger partial charge in [0.2, 0.25) is 5.95 Å². The molecule has 2 aliphatic heterocycles. The maximum atomic E-state index is 13.5. The molecule has 8 heteroatoms. The van der Waals surface area contributed by atoms with Crippen LogP contribution in [0.2, 0.25) is 0 Å². The zero-order valence-electron chi connectivity index (χ0n) is 21.0. The van der Waals surface area contributed by atoms with Gasteiger partial charge in [0.1, 0.15) is 5.65 Å². The normalized spacial score (nSPS) is 18.7. The number of aryl methyl sites for hydroxylation is 1. The van der Waals surface area contributed by atoms with Gasteiger partial charge in [0.05, 0.1) is 5.69 Å². The van der Waals surface area contributed by atoms with E-state index in [1.807, 2.05) is 31.4 Å². The van der Waals surface area contributed by atoms with Crippen molar-refractivity contribution in [1.82, 2.24) is 19.4 Å². The highest BCUT2D eigenvalue weighted by atomic mass is 32.2. The number of piperazine rings is 1. The molecule has 7 nitrogen and oxygen atoms in total. The van der Waals surface area contributed by atoms with Crippen molar-refractivity contribution in [2.24, 2.45) is 0 Å². The Labute approximate surface area is 211 Å². The van der Waals surface area contributed by atoms with E-state index in [0.717, 1.165) is 61.5 Å². The van der Waals surface area contributed by atoms with Gasteiger partial charge in [0, 0.05) is 59.8 Å². The molecule has 2 aliphatic rings. The van der Waals surface area contributed by atoms with Crippen LogP contribution in [0.5, 0.6) is 0 Å². The molecule has 1 aromatic carbocycles. The molecule has 0 spiro atoms. The van der Waals surface area contributed by atoms with Crippen molar-refractivity contribution in [3.63, 3.8) is 0 Å². The van der Waals surface area contributed by atoms with Gasteiger partial charge in [0.25, 0.3) is 5.56 Å². The molecule has 1 atom stereocenters. The third-order valence-electron chi connectivity index (χ3n) is 6.97. The largest absolute Gasteiger partial charge is 0.369 e. The topological polar surface area (TPSA) is 66.3 Å². The van der Waals surface area contributed by atoms with Crippen molar-refractivity contribution >= 4 is 40.1 Å². The lowest BCUT2D eigenvalue weighted by atomic mass is 10.1. The quantitative estimate of drug-likeness (QED) is 0.506. The Morgan fingerprint density at radius 3 is 2.49 bits per heavy atom. The van der Waals surface area contributed by atoms with Crippen molar-refractivity contribution < 1.29 is 0 Å². The van der Waals surface area contributed by atoms with Crippen LogP contribution >= 0.6 is 11.8 Å². The number of likely N-dealkylation sites (N-methyl/N-ethyl adjacent to an activating group) is 1. The van der Waals surface area contributed by atoms with Crippen LogP contribution in [0.15, 0.2) is 46.6 Å². The van der Waals surface area contributed by atoms with Gasteiger partial charge in [-0.25, -0.2) is 4.98 Å². The predicted octanol–water partition coefficient (Wildman–Crippen LogP) is 5.26. The number of nitrogens with zero attached hydrogens (tertiary/aromatic N) is 5. The lowest BCUT2D eigenvalue weighted by Gasteiger charge is -2.35. The first kappa shape index (κ1) is 23.9. The molecule has 1 unspecified atom stereocenters. The van der Waals surface area contributed by atoms with E-state index >= 15 is 0 Å². The average molecular weight is 491 g/mol. The number of hydrogen-bond donors (Lipinski definition) is 1. The molecule has 5 rings (SSSR count). The molecule has 1 fully saturated rings. The zero-order chi connectivity index (χ0) is 24.5. The molecule has 35 heavy (non-hydrogen) atoms. The second-order valence-electron chi connectivity index (χ2n) is 9.56. The molecule has 2 aromatic heterocycles. The van der Waals surface area contributed by atoms with Crippen LogP contribution in [0.25, 0.3) is 11.0 Å². The van der Waals surface area contributed by atoms with Gasteiger partial charge in [0.15, 0.2) is 0 Å². The van der Waals surface area contributed by atoms with Gasteiger partial charge in [-0.15, -0.1) is 11.8 Å². The van der Waals surface area contributed by atoms with Crippen LogP contribution in [0.1, 0.15) is 49.7 Å². The molecule has 1 N–H and O–H groups in total. The second kappa shape index (κ2) is 10.0. The van der Waals surface area contributed by atoms with Crippen molar-refractivity contribution in [2.75, 3.05) is 42.9 Å². The fourth-order valence-electron chi connectivity index (χ4n) is 4.93. The second-order valence-corrected chi connectivity index (χ2v) is 10.7. The van der Waals surface area contributed by atoms with E-state index < -0.39 is 0 Å². The molecule has 3 aromatic rings. The van der Waals surface area contributed by atoms with E-state index in [1.54, 1.807) is 11.8 Å². The number of benzene rings is 1. The van der Waals surface area contributed by atoms with E-state index in [0.29, 0.717) is 11.6 Å². The molecule has 1 saturated heterocycles. The summed E-state index contributed by atoms with van der Waals surface area (Å²) in [4.78, 5) is 27.9. The van der Waals surface area contributed by atoms with E-state index in [-0.39, 0.29) is 16.9 Å². The maximum absolute atomic E-state index is 13.5. The number of pyridine rings is 1. The van der Waals surface area contributed by atoms with E-state index in [9.17, 15) is 4.79 Å². The minimum atomic E-state index is -0.000999. The number of thioether (sulfide) groups is 1. The van der Waals surface area contributed by atoms with Crippen molar-refractivity contribution in [3.8, 4) is 0 Å². The molecular formula is C27H34N6OS. The summed E-state index contributed by atoms with van der Waals surface area (Å²) in [5.41, 5.74) is 4.61. The summed E-state index contributed by atoms with van der Waals surface area (Å²) >= 11 is 1.71. The van der Waals surface area contributed by atoms with Crippen LogP contribution in [0, 0.1) is 6.92 Å². The van der Waals surface area contributed by atoms with Crippen LogP contribution in [0.4, 0.5) is 17.3 Å². The Balaban J connectivity index is 1.43. The lowest BCUT2D eigenvalue weighted by molar-refractivity contribution is 0.271. The number of aromatic nitrogens is 3. The van der Waals surface area contributed by atoms with Crippen LogP contribution in [-0.2, 0) is 0 Å². The van der Waals surface area contributed by atoms with Crippen LogP contribution in [-0.4, -0.2) is 52.2 Å². The number of rotatable bonds is 6. The Bertz CT molecular complexity index is 1280. The van der Waals surface area contributed by atoms with E-state index in [1.165, 1.54) is 5.69 Å². The highest BCUT2D eigenvalue weighted by Crippen LogP contribution is 2.38. The highest BCUT2D eigenvalue weighted by molar-refractivity contribution is 8.02. The fourth-order valence-corrected chi connectivity index (χ4v) is 5.88. The fraction of sp³-hybridized carbons (Fsp3) is 0.444. The molecular weight excluding hydrogens is 456 g/mol. The molecule has 0 amide bonds. The van der Waals surface area contributed by atoms with Gasteiger partial charge in [-0.05, 0) is 69.5 Å². The van der Waals surface area contributed by atoms with Gasteiger partial charge in [-0.3, -0.25) is 9.36 Å². The summed E-state index contributed by atoms with van der Waals surface area (Å²) in [5.74, 6) is 0.512. The number of anilines is 3. The number of fused-ring (bicyclic) bond motifs is 1. The Kier molecular flexibility index (Phi) is 6.84. The Morgan fingerprint density at radius 2 is 1.86 bits per heavy atom. The minimum Gasteiger partial charge on any atom is -0.369 e. The van der Waals surface area contributed by atoms with Gasteiger partial charge in [-0.2, -0.15) is 4.98 Å². The summed E-state index contributed by atoms with van der Waals surface area (Å²) in [5, 5.41) is 6.55. The van der Waals surface area contributed by atoms with Crippen LogP contribution in [0.3, 0.4) is 0 Å². The first-order chi connectivity index (χ1) is 16.9. The lowest BCUT2D eigenvalue weighted by Crippen LogP contribution is -2.46. The van der Waals surface area contributed by atoms with Crippen molar-refractivity contribution in [3.05, 3.63) is 63.4 Å². The minimum absolute atomic E-state index is 0.000999. The van der Waals surface area contributed by atoms with E-state index in [2.05, 4.69) is 57.8 Å². The van der Waals surface area contributed by atoms with Gasteiger partial charge < -0.3 is 15.1 Å². The van der Waals surface area contributed by atoms with Crippen molar-refractivity contribution in [1.29, 1.82) is 0 Å². The first-order valence-electron chi connectivity index (χ1n) is 12.5. The predicted molar refractivity (Wildman–Crippen MR) is 147 cm³/mol. The smallest absolute Gasteiger partial charge is 0.256 e. The Morgan fingerprint density at radius 1 is 1.11 bits per heavy atom. The first-order valence-corrected chi connectivity index (χ1v) is 13.5. The highest BCUT2D eigenvalue weighted by Gasteiger charge is 2.23. The maximum Gasteiger partial charge on any atom is 0.256 e. The summed E-state index contributed by atoms with van der Waals surface area (Å²) < 4.78 is 1.82. The number of nitrogens with one attached hydrogen (secondary N) is 1. The summed E-state index contributed by atoms with van der Waals surface area (Å²) in [7, 11) is 0. The average Bonchev–Trinajstić information content (AvgIpc) is 3.39. The van der Waals surface area contributed by atoms with Crippen molar-refractivity contribution in [2.45, 2.75) is 45.4 Å². The molecule has 0 aliphatic carbocycles. The van der Waals surface area contributed by atoms with Gasteiger partial charge >= 0.3 is 0 Å². The molecule has 0 bridgehead atoms. The molecule has 0 radical (unpaired) electrons. The summed E-state index contributed by atoms with van der Waals surface area (Å²) in [6.07, 6.45) is 3.01. The Hall–Kier alpha value is -2.84. The SMILES string of the molecule is CCN1CCN(c2ccc(Nc3nc(C)c4cc(C5CC=CS5)c(=O)n(C(C)C)c4n3)cc2)CC1. The molecule has 4 heterocycles. The monoisotopic (exact) mass is 490 g/mol. The van der Waals surface area contributed by atoms with E-state index in [4.69, 9.17) is 9.97 Å².